The summed E-state index contributed by atoms with van der Waals surface area (Å²) in [5, 5.41) is 10.3. The Morgan fingerprint density at radius 3 is 2.52 bits per heavy atom. The van der Waals surface area contributed by atoms with Crippen molar-refractivity contribution in [3.05, 3.63) is 35.0 Å². The molecule has 9 heteroatoms. The molecule has 1 aromatic rings. The van der Waals surface area contributed by atoms with E-state index in [0.29, 0.717) is 5.56 Å². The first-order chi connectivity index (χ1) is 12.9. The van der Waals surface area contributed by atoms with E-state index in [0.717, 1.165) is 0 Å². The molecule has 146 valence electrons. The Morgan fingerprint density at radius 1 is 1.19 bits per heavy atom. The molecule has 0 bridgehead atoms. The van der Waals surface area contributed by atoms with Gasteiger partial charge in [0.1, 0.15) is 18.2 Å². The molecule has 0 spiro atoms. The predicted octanol–water partition coefficient (Wildman–Crippen LogP) is 0.892. The van der Waals surface area contributed by atoms with Gasteiger partial charge in [-0.1, -0.05) is 6.07 Å². The highest BCUT2D eigenvalue weighted by Crippen LogP contribution is 2.34. The Bertz CT molecular complexity index is 771. The van der Waals surface area contributed by atoms with Crippen molar-refractivity contribution in [2.24, 2.45) is 0 Å². The van der Waals surface area contributed by atoms with Crippen LogP contribution in [0.15, 0.2) is 29.5 Å². The van der Waals surface area contributed by atoms with Crippen LogP contribution in [0.2, 0.25) is 0 Å². The van der Waals surface area contributed by atoms with Gasteiger partial charge in [0, 0.05) is 0 Å². The lowest BCUT2D eigenvalue weighted by Crippen LogP contribution is -2.38. The molecule has 0 amide bonds. The number of hydrogen-bond donors (Lipinski definition) is 1. The topological polar surface area (TPSA) is 112 Å². The number of benzene rings is 1. The number of hydrogen-bond acceptors (Lipinski definition) is 9. The largest absolute Gasteiger partial charge is 0.506 e. The molecule has 1 aliphatic rings. The van der Waals surface area contributed by atoms with Crippen molar-refractivity contribution in [1.82, 2.24) is 0 Å². The zero-order chi connectivity index (χ0) is 20.0. The fourth-order valence-electron chi connectivity index (χ4n) is 2.61. The van der Waals surface area contributed by atoms with Crippen molar-refractivity contribution in [1.29, 1.82) is 0 Å². The SMILES string of the molecule is CCOC(=O)Cc1ccc(O)c(N2COCC(C(=O)OC)=C2C(=O)OC)c1. The van der Waals surface area contributed by atoms with Crippen molar-refractivity contribution in [2.45, 2.75) is 13.3 Å². The van der Waals surface area contributed by atoms with Crippen molar-refractivity contribution < 1.29 is 38.4 Å². The van der Waals surface area contributed by atoms with E-state index in [1.165, 1.54) is 31.3 Å². The molecule has 9 nitrogen and oxygen atoms in total. The van der Waals surface area contributed by atoms with Gasteiger partial charge in [0.05, 0.1) is 45.1 Å². The Hall–Kier alpha value is -3.07. The molecular weight excluding hydrogens is 358 g/mol. The highest BCUT2D eigenvalue weighted by Gasteiger charge is 2.33. The third-order valence-electron chi connectivity index (χ3n) is 3.82. The monoisotopic (exact) mass is 379 g/mol. The number of phenolic OH excluding ortho intramolecular Hbond substituents is 1. The average molecular weight is 379 g/mol. The van der Waals surface area contributed by atoms with Crippen LogP contribution in [0.3, 0.4) is 0 Å². The van der Waals surface area contributed by atoms with Crippen LogP contribution in [0.25, 0.3) is 0 Å². The molecule has 0 saturated heterocycles. The van der Waals surface area contributed by atoms with Gasteiger partial charge in [0.2, 0.25) is 0 Å². The first kappa shape index (κ1) is 20.2. The summed E-state index contributed by atoms with van der Waals surface area (Å²) in [6, 6.07) is 4.45. The van der Waals surface area contributed by atoms with Gasteiger partial charge in [-0.15, -0.1) is 0 Å². The predicted molar refractivity (Wildman–Crippen MR) is 92.8 cm³/mol. The third kappa shape index (κ3) is 4.56. The van der Waals surface area contributed by atoms with Crippen LogP contribution in [0.4, 0.5) is 5.69 Å². The van der Waals surface area contributed by atoms with E-state index in [1.807, 2.05) is 0 Å². The number of methoxy groups -OCH3 is 2. The van der Waals surface area contributed by atoms with E-state index in [4.69, 9.17) is 18.9 Å². The van der Waals surface area contributed by atoms with Crippen LogP contribution >= 0.6 is 0 Å². The number of nitrogens with zero attached hydrogens (tertiary/aromatic N) is 1. The van der Waals surface area contributed by atoms with E-state index < -0.39 is 17.9 Å². The maximum atomic E-state index is 12.3. The number of anilines is 1. The summed E-state index contributed by atoms with van der Waals surface area (Å²) in [6.45, 7) is 1.70. The lowest BCUT2D eigenvalue weighted by molar-refractivity contribution is -0.142. The normalized spacial score (nSPS) is 14.0. The molecule has 0 unspecified atom stereocenters. The molecular formula is C18H21NO8. The van der Waals surface area contributed by atoms with E-state index in [2.05, 4.69) is 0 Å². The number of carbonyl (C=O) groups excluding carboxylic acids is 3. The highest BCUT2D eigenvalue weighted by atomic mass is 16.5. The number of ether oxygens (including phenoxy) is 4. The Labute approximate surface area is 156 Å². The highest BCUT2D eigenvalue weighted by molar-refractivity contribution is 6.03. The smallest absolute Gasteiger partial charge is 0.355 e. The number of rotatable bonds is 6. The molecule has 2 rings (SSSR count). The van der Waals surface area contributed by atoms with Crippen LogP contribution in [0.1, 0.15) is 12.5 Å². The zero-order valence-electron chi connectivity index (χ0n) is 15.3. The molecule has 1 heterocycles. The summed E-state index contributed by atoms with van der Waals surface area (Å²) in [6.07, 6.45) is -0.0169. The minimum atomic E-state index is -0.783. The molecule has 0 radical (unpaired) electrons. The molecule has 0 aliphatic carbocycles. The second kappa shape index (κ2) is 9.04. The van der Waals surface area contributed by atoms with Crippen molar-refractivity contribution in [2.75, 3.05) is 39.1 Å². The number of carbonyl (C=O) groups is 3. The molecule has 0 fully saturated rings. The molecule has 0 saturated carbocycles. The van der Waals surface area contributed by atoms with Gasteiger partial charge in [-0.2, -0.15) is 0 Å². The maximum Gasteiger partial charge on any atom is 0.355 e. The molecule has 27 heavy (non-hydrogen) atoms. The maximum absolute atomic E-state index is 12.3. The van der Waals surface area contributed by atoms with E-state index in [1.54, 1.807) is 13.0 Å². The summed E-state index contributed by atoms with van der Waals surface area (Å²) in [5.74, 6) is -2.13. The average Bonchev–Trinajstić information content (AvgIpc) is 2.67. The fraction of sp³-hybridized carbons (Fsp3) is 0.389. The summed E-state index contributed by atoms with van der Waals surface area (Å²) in [4.78, 5) is 37.3. The van der Waals surface area contributed by atoms with Gasteiger partial charge in [-0.05, 0) is 24.6 Å². The van der Waals surface area contributed by atoms with Gasteiger partial charge in [0.25, 0.3) is 0 Å². The fourth-order valence-corrected chi connectivity index (χ4v) is 2.61. The molecule has 0 aromatic heterocycles. The van der Waals surface area contributed by atoms with Crippen LogP contribution in [0.5, 0.6) is 5.75 Å². The first-order valence-electron chi connectivity index (χ1n) is 8.15. The van der Waals surface area contributed by atoms with Crippen LogP contribution < -0.4 is 4.90 Å². The summed E-state index contributed by atoms with van der Waals surface area (Å²) >= 11 is 0. The quantitative estimate of drug-likeness (QED) is 0.569. The van der Waals surface area contributed by atoms with Crippen LogP contribution in [-0.4, -0.2) is 57.2 Å². The van der Waals surface area contributed by atoms with Crippen molar-refractivity contribution in [3.63, 3.8) is 0 Å². The van der Waals surface area contributed by atoms with Crippen molar-refractivity contribution >= 4 is 23.6 Å². The lowest BCUT2D eigenvalue weighted by Gasteiger charge is -2.31. The van der Waals surface area contributed by atoms with Crippen LogP contribution in [0, 0.1) is 0 Å². The third-order valence-corrected chi connectivity index (χ3v) is 3.82. The van der Waals surface area contributed by atoms with Gasteiger partial charge in [0.15, 0.2) is 0 Å². The molecule has 0 atom stereocenters. The first-order valence-corrected chi connectivity index (χ1v) is 8.15. The Morgan fingerprint density at radius 2 is 1.89 bits per heavy atom. The van der Waals surface area contributed by atoms with Gasteiger partial charge >= 0.3 is 17.9 Å². The van der Waals surface area contributed by atoms with Gasteiger partial charge in [-0.3, -0.25) is 4.79 Å². The number of phenols is 1. The van der Waals surface area contributed by atoms with Crippen LogP contribution in [-0.2, 0) is 39.8 Å². The van der Waals surface area contributed by atoms with Gasteiger partial charge in [-0.25, -0.2) is 9.59 Å². The van der Waals surface area contributed by atoms with Crippen molar-refractivity contribution in [3.8, 4) is 5.75 Å². The van der Waals surface area contributed by atoms with E-state index in [-0.39, 0.29) is 49.1 Å². The Balaban J connectivity index is 2.49. The number of aromatic hydroxyl groups is 1. The minimum absolute atomic E-state index is 0.0169. The second-order valence-corrected chi connectivity index (χ2v) is 5.52. The molecule has 1 aromatic carbocycles. The molecule has 1 aliphatic heterocycles. The lowest BCUT2D eigenvalue weighted by atomic mass is 10.1. The van der Waals surface area contributed by atoms with Gasteiger partial charge < -0.3 is 29.0 Å². The van der Waals surface area contributed by atoms with E-state index >= 15 is 0 Å². The molecule has 1 N–H and O–H groups in total. The van der Waals surface area contributed by atoms with E-state index in [9.17, 15) is 19.5 Å². The zero-order valence-corrected chi connectivity index (χ0v) is 15.3. The summed E-state index contributed by atoms with van der Waals surface area (Å²) in [5.41, 5.74) is 0.596. The minimum Gasteiger partial charge on any atom is -0.506 e. The summed E-state index contributed by atoms with van der Waals surface area (Å²) < 4.78 is 19.8. The summed E-state index contributed by atoms with van der Waals surface area (Å²) in [7, 11) is 2.36. The standard InChI is InChI=1S/C18H21NO8/c1-4-27-15(21)8-11-5-6-14(20)13(7-11)19-10-26-9-12(17(22)24-2)16(19)18(23)25-3/h5-7,20H,4,8-10H2,1-3H3. The second-order valence-electron chi connectivity index (χ2n) is 5.52. The number of esters is 3. The Kier molecular flexibility index (Phi) is 6.78.